The van der Waals surface area contributed by atoms with E-state index in [2.05, 4.69) is 0 Å². The molecule has 7 heteroatoms. The fraction of sp³-hybridized carbons (Fsp3) is 0.417. The van der Waals surface area contributed by atoms with Crippen LogP contribution < -0.4 is 0 Å². The van der Waals surface area contributed by atoms with Gasteiger partial charge in [-0.05, 0) is 18.2 Å². The van der Waals surface area contributed by atoms with Gasteiger partial charge in [0.2, 0.25) is 5.91 Å². The lowest BCUT2D eigenvalue weighted by Crippen LogP contribution is -2.31. The minimum atomic E-state index is -0.858. The second-order valence-electron chi connectivity index (χ2n) is 4.30. The Balaban J connectivity index is 1.92. The van der Waals surface area contributed by atoms with Gasteiger partial charge < -0.3 is 15.1 Å². The highest BCUT2D eigenvalue weighted by molar-refractivity contribution is 8.00. The highest BCUT2D eigenvalue weighted by Crippen LogP contribution is 2.30. The van der Waals surface area contributed by atoms with Crippen LogP contribution in [-0.2, 0) is 4.79 Å². The van der Waals surface area contributed by atoms with E-state index in [0.29, 0.717) is 10.0 Å². The summed E-state index contributed by atoms with van der Waals surface area (Å²) in [7, 11) is 0. The molecule has 104 valence electrons. The van der Waals surface area contributed by atoms with Crippen molar-refractivity contribution in [1.29, 1.82) is 0 Å². The lowest BCUT2D eigenvalue weighted by Gasteiger charge is -2.15. The Hall–Kier alpha value is -0.460. The zero-order chi connectivity index (χ0) is 14.0. The maximum absolute atomic E-state index is 11.9. The maximum atomic E-state index is 11.9. The number of thioether (sulfide) groups is 1. The van der Waals surface area contributed by atoms with Gasteiger partial charge in [-0.2, -0.15) is 0 Å². The summed E-state index contributed by atoms with van der Waals surface area (Å²) in [6.45, 7) is 0.341. The molecule has 19 heavy (non-hydrogen) atoms. The van der Waals surface area contributed by atoms with Crippen LogP contribution in [0.4, 0.5) is 0 Å². The van der Waals surface area contributed by atoms with Gasteiger partial charge >= 0.3 is 0 Å². The fourth-order valence-electron chi connectivity index (χ4n) is 1.79. The molecule has 2 atom stereocenters. The molecular weight excluding hydrogens is 309 g/mol. The minimum Gasteiger partial charge on any atom is -0.388 e. The van der Waals surface area contributed by atoms with E-state index in [1.165, 1.54) is 16.7 Å². The van der Waals surface area contributed by atoms with E-state index in [0.717, 1.165) is 4.90 Å². The van der Waals surface area contributed by atoms with Crippen LogP contribution in [0.3, 0.4) is 0 Å². The van der Waals surface area contributed by atoms with Crippen molar-refractivity contribution >= 4 is 40.9 Å². The molecule has 0 unspecified atom stereocenters. The van der Waals surface area contributed by atoms with Crippen LogP contribution in [0.15, 0.2) is 23.1 Å². The van der Waals surface area contributed by atoms with Crippen LogP contribution in [0, 0.1) is 0 Å². The number of amides is 1. The van der Waals surface area contributed by atoms with E-state index in [-0.39, 0.29) is 24.7 Å². The lowest BCUT2D eigenvalue weighted by molar-refractivity contribution is -0.127. The molecule has 2 rings (SSSR count). The Labute approximate surface area is 125 Å². The Kier molecular flexibility index (Phi) is 4.97. The van der Waals surface area contributed by atoms with Gasteiger partial charge in [0.15, 0.2) is 0 Å². The largest absolute Gasteiger partial charge is 0.388 e. The number of β-amino-alcohol motifs (C(OH)–C–C–N with tert-alkyl or cyclic N) is 2. The lowest BCUT2D eigenvalue weighted by atomic mass is 10.3. The molecule has 4 nitrogen and oxygen atoms in total. The smallest absolute Gasteiger partial charge is 0.233 e. The molecule has 0 aliphatic carbocycles. The molecule has 0 aromatic heterocycles. The Bertz CT molecular complexity index is 476. The highest BCUT2D eigenvalue weighted by atomic mass is 35.5. The normalized spacial score (nSPS) is 22.8. The summed E-state index contributed by atoms with van der Waals surface area (Å²) >= 11 is 13.2. The number of carbonyl (C=O) groups excluding carboxylic acids is 1. The number of likely N-dealkylation sites (tertiary alicyclic amines) is 1. The summed E-state index contributed by atoms with van der Waals surface area (Å²) in [5, 5.41) is 19.9. The third-order valence-corrected chi connectivity index (χ3v) is 4.57. The van der Waals surface area contributed by atoms with Crippen molar-refractivity contribution in [3.63, 3.8) is 0 Å². The summed E-state index contributed by atoms with van der Waals surface area (Å²) in [5.74, 6) is 0.0520. The van der Waals surface area contributed by atoms with Gasteiger partial charge in [-0.25, -0.2) is 0 Å². The van der Waals surface area contributed by atoms with Crippen molar-refractivity contribution < 1.29 is 15.0 Å². The molecule has 1 heterocycles. The fourth-order valence-corrected chi connectivity index (χ4v) is 3.19. The Morgan fingerprint density at radius 1 is 1.32 bits per heavy atom. The van der Waals surface area contributed by atoms with Gasteiger partial charge in [0.05, 0.1) is 23.0 Å². The van der Waals surface area contributed by atoms with E-state index < -0.39 is 12.2 Å². The highest BCUT2D eigenvalue weighted by Gasteiger charge is 2.32. The molecule has 1 aliphatic heterocycles. The molecule has 0 spiro atoms. The van der Waals surface area contributed by atoms with Crippen LogP contribution in [0.5, 0.6) is 0 Å². The first-order chi connectivity index (χ1) is 8.97. The van der Waals surface area contributed by atoms with Crippen molar-refractivity contribution in [2.75, 3.05) is 18.8 Å². The molecule has 0 saturated carbocycles. The monoisotopic (exact) mass is 321 g/mol. The zero-order valence-corrected chi connectivity index (χ0v) is 12.3. The topological polar surface area (TPSA) is 60.8 Å². The first kappa shape index (κ1) is 14.9. The van der Waals surface area contributed by atoms with Crippen LogP contribution in [0.1, 0.15) is 0 Å². The van der Waals surface area contributed by atoms with E-state index in [1.54, 1.807) is 18.2 Å². The van der Waals surface area contributed by atoms with Crippen molar-refractivity contribution in [1.82, 2.24) is 4.90 Å². The second kappa shape index (κ2) is 6.33. The quantitative estimate of drug-likeness (QED) is 0.831. The van der Waals surface area contributed by atoms with Crippen LogP contribution >= 0.6 is 35.0 Å². The number of hydrogen-bond donors (Lipinski definition) is 2. The van der Waals surface area contributed by atoms with Crippen LogP contribution in [-0.4, -0.2) is 52.1 Å². The standard InChI is InChI=1S/C12H13Cl2NO3S/c13-7-1-2-8(14)11(3-7)19-6-12(18)15-4-9(16)10(17)5-15/h1-3,9-10,16-17H,4-6H2/t9-,10+. The molecule has 1 aliphatic rings. The van der Waals surface area contributed by atoms with Gasteiger partial charge in [0.1, 0.15) is 0 Å². The third-order valence-electron chi connectivity index (χ3n) is 2.86. The Morgan fingerprint density at radius 2 is 1.95 bits per heavy atom. The number of benzene rings is 1. The summed E-state index contributed by atoms with van der Waals surface area (Å²) in [6, 6.07) is 5.07. The zero-order valence-electron chi connectivity index (χ0n) is 9.92. The molecule has 2 N–H and O–H groups in total. The number of nitrogens with zero attached hydrogens (tertiary/aromatic N) is 1. The summed E-state index contributed by atoms with van der Waals surface area (Å²) in [5.41, 5.74) is 0. The third kappa shape index (κ3) is 3.77. The molecule has 0 bridgehead atoms. The van der Waals surface area contributed by atoms with Gasteiger partial charge in [0.25, 0.3) is 0 Å². The molecule has 1 saturated heterocycles. The predicted octanol–water partition coefficient (Wildman–Crippen LogP) is 1.65. The molecule has 1 aromatic carbocycles. The van der Waals surface area contributed by atoms with Gasteiger partial charge in [-0.15, -0.1) is 11.8 Å². The number of aliphatic hydroxyl groups excluding tert-OH is 2. The first-order valence-corrected chi connectivity index (χ1v) is 7.43. The summed E-state index contributed by atoms with van der Waals surface area (Å²) in [4.78, 5) is 14.1. The first-order valence-electron chi connectivity index (χ1n) is 5.69. The van der Waals surface area contributed by atoms with Gasteiger partial charge in [-0.1, -0.05) is 23.2 Å². The molecule has 1 fully saturated rings. The van der Waals surface area contributed by atoms with Crippen molar-refractivity contribution in [2.24, 2.45) is 0 Å². The number of halogens is 2. The number of rotatable bonds is 3. The van der Waals surface area contributed by atoms with Crippen molar-refractivity contribution in [2.45, 2.75) is 17.1 Å². The molecule has 1 amide bonds. The van der Waals surface area contributed by atoms with Gasteiger partial charge in [-0.3, -0.25) is 4.79 Å². The Morgan fingerprint density at radius 3 is 2.58 bits per heavy atom. The van der Waals surface area contributed by atoms with Crippen molar-refractivity contribution in [3.8, 4) is 0 Å². The van der Waals surface area contributed by atoms with E-state index in [9.17, 15) is 15.0 Å². The SMILES string of the molecule is O=C(CSc1cc(Cl)ccc1Cl)N1C[C@@H](O)[C@@H](O)C1. The minimum absolute atomic E-state index is 0.142. The van der Waals surface area contributed by atoms with Crippen molar-refractivity contribution in [3.05, 3.63) is 28.2 Å². The average Bonchev–Trinajstić information content (AvgIpc) is 2.70. The number of aliphatic hydroxyl groups is 2. The number of hydrogen-bond acceptors (Lipinski definition) is 4. The van der Waals surface area contributed by atoms with E-state index >= 15 is 0 Å². The van der Waals surface area contributed by atoms with E-state index in [4.69, 9.17) is 23.2 Å². The van der Waals surface area contributed by atoms with Crippen LogP contribution in [0.2, 0.25) is 10.0 Å². The average molecular weight is 322 g/mol. The molecular formula is C12H13Cl2NO3S. The van der Waals surface area contributed by atoms with Gasteiger partial charge in [0, 0.05) is 23.0 Å². The second-order valence-corrected chi connectivity index (χ2v) is 6.16. The number of carbonyl (C=O) groups is 1. The summed E-state index contributed by atoms with van der Waals surface area (Å²) in [6.07, 6.45) is -1.72. The van der Waals surface area contributed by atoms with E-state index in [1.807, 2.05) is 0 Å². The summed E-state index contributed by atoms with van der Waals surface area (Å²) < 4.78 is 0. The molecule has 0 radical (unpaired) electrons. The maximum Gasteiger partial charge on any atom is 0.233 e. The van der Waals surface area contributed by atoms with Crippen LogP contribution in [0.25, 0.3) is 0 Å². The molecule has 1 aromatic rings. The predicted molar refractivity (Wildman–Crippen MR) is 75.8 cm³/mol.